The van der Waals surface area contributed by atoms with Gasteiger partial charge in [-0.2, -0.15) is 0 Å². The topological polar surface area (TPSA) is 8.17 Å². The van der Waals surface area contributed by atoms with Crippen molar-refractivity contribution in [2.45, 2.75) is 5.41 Å². The zero-order valence-electron chi connectivity index (χ0n) is 35.2. The molecule has 0 amide bonds. The fourth-order valence-electron chi connectivity index (χ4n) is 10.9. The molecule has 13 rings (SSSR count). The molecular formula is C61H39ClN2S. The number of aromatic nitrogens is 1. The van der Waals surface area contributed by atoms with Crippen molar-refractivity contribution in [2.24, 2.45) is 0 Å². The number of anilines is 3. The highest BCUT2D eigenvalue weighted by Crippen LogP contribution is 2.60. The minimum Gasteiger partial charge on any atom is -0.310 e. The number of fused-ring (bicyclic) bond motifs is 10. The minimum absolute atomic E-state index is 0.534. The molecule has 0 atom stereocenters. The fourth-order valence-corrected chi connectivity index (χ4v) is 12.4. The van der Waals surface area contributed by atoms with E-state index in [1.165, 1.54) is 75.4 Å². The van der Waals surface area contributed by atoms with E-state index >= 15 is 0 Å². The molecule has 12 aromatic rings. The predicted molar refractivity (Wildman–Crippen MR) is 276 cm³/mol. The summed E-state index contributed by atoms with van der Waals surface area (Å²) >= 11 is 9.28. The van der Waals surface area contributed by atoms with Crippen LogP contribution in [0.5, 0.6) is 0 Å². The van der Waals surface area contributed by atoms with Crippen LogP contribution >= 0.6 is 22.9 Å². The summed E-state index contributed by atoms with van der Waals surface area (Å²) in [5, 5.41) is 5.63. The third-order valence-electron chi connectivity index (χ3n) is 13.5. The van der Waals surface area contributed by atoms with Crippen molar-refractivity contribution < 1.29 is 0 Å². The number of thiophene rings is 1. The highest BCUT2D eigenvalue weighted by molar-refractivity contribution is 7.26. The monoisotopic (exact) mass is 866 g/mol. The van der Waals surface area contributed by atoms with Crippen molar-refractivity contribution in [1.82, 2.24) is 4.57 Å². The number of hydrogen-bond acceptors (Lipinski definition) is 2. The maximum atomic E-state index is 7.42. The van der Waals surface area contributed by atoms with Gasteiger partial charge in [0.15, 0.2) is 0 Å². The molecule has 306 valence electrons. The first kappa shape index (κ1) is 37.8. The number of hydrogen-bond donors (Lipinski definition) is 0. The summed E-state index contributed by atoms with van der Waals surface area (Å²) < 4.78 is 4.95. The lowest BCUT2D eigenvalue weighted by atomic mass is 9.68. The first-order chi connectivity index (χ1) is 32.2. The molecule has 0 saturated carbocycles. The van der Waals surface area contributed by atoms with Crippen LogP contribution in [0.25, 0.3) is 69.9 Å². The normalized spacial score (nSPS) is 12.8. The molecule has 0 bridgehead atoms. The molecule has 0 fully saturated rings. The van der Waals surface area contributed by atoms with Crippen LogP contribution in [-0.2, 0) is 5.41 Å². The highest BCUT2D eigenvalue weighted by Gasteiger charge is 2.47. The van der Waals surface area contributed by atoms with Gasteiger partial charge in [0.05, 0.1) is 22.1 Å². The molecular weight excluding hydrogens is 828 g/mol. The van der Waals surface area contributed by atoms with Crippen LogP contribution in [0.15, 0.2) is 237 Å². The van der Waals surface area contributed by atoms with E-state index in [9.17, 15) is 0 Å². The molecule has 0 aliphatic heterocycles. The number of nitrogens with zero attached hydrogens (tertiary/aromatic N) is 2. The first-order valence-corrected chi connectivity index (χ1v) is 23.3. The van der Waals surface area contributed by atoms with Crippen LogP contribution < -0.4 is 4.90 Å². The summed E-state index contributed by atoms with van der Waals surface area (Å²) in [6, 6.07) is 86.1. The molecule has 10 aromatic carbocycles. The van der Waals surface area contributed by atoms with Crippen LogP contribution in [0.2, 0.25) is 5.02 Å². The Morgan fingerprint density at radius 1 is 0.462 bits per heavy atom. The molecule has 1 aliphatic rings. The average Bonchev–Trinajstić information content (AvgIpc) is 4.02. The van der Waals surface area contributed by atoms with Gasteiger partial charge in [-0.1, -0.05) is 181 Å². The summed E-state index contributed by atoms with van der Waals surface area (Å²) in [4.78, 5) is 2.42. The molecule has 2 heterocycles. The second-order valence-corrected chi connectivity index (χ2v) is 18.4. The van der Waals surface area contributed by atoms with Crippen molar-refractivity contribution in [2.75, 3.05) is 4.90 Å². The molecule has 0 saturated heterocycles. The van der Waals surface area contributed by atoms with E-state index < -0.39 is 5.41 Å². The van der Waals surface area contributed by atoms with Crippen molar-refractivity contribution in [3.8, 4) is 27.9 Å². The molecule has 0 spiro atoms. The average molecular weight is 868 g/mol. The largest absolute Gasteiger partial charge is 0.310 e. The third kappa shape index (κ3) is 5.66. The molecule has 65 heavy (non-hydrogen) atoms. The van der Waals surface area contributed by atoms with Crippen LogP contribution in [0.4, 0.5) is 17.1 Å². The predicted octanol–water partition coefficient (Wildman–Crippen LogP) is 17.3. The van der Waals surface area contributed by atoms with Gasteiger partial charge in [0, 0.05) is 64.2 Å². The standard InChI is InChI=1S/C61H39ClN2S/c62-43-36-40(50-39-51-47-28-14-17-33-54(47)64(45-26-11-4-12-27-45)59(51)58-49-30-15-18-35-56(49)65-60(50)58)37-46(38-43)63(44-24-9-3-10-25-44)55-34-19-32-53-57(55)48-29-13-16-31-52(48)61(53,41-20-5-1-6-21-41)42-22-7-2-8-23-42/h1-39H. The summed E-state index contributed by atoms with van der Waals surface area (Å²) in [6.07, 6.45) is 0. The van der Waals surface area contributed by atoms with E-state index in [2.05, 4.69) is 246 Å². The van der Waals surface area contributed by atoms with E-state index in [-0.39, 0.29) is 0 Å². The molecule has 0 radical (unpaired) electrons. The molecule has 1 aliphatic carbocycles. The summed E-state index contributed by atoms with van der Waals surface area (Å²) in [7, 11) is 0. The van der Waals surface area contributed by atoms with Gasteiger partial charge < -0.3 is 9.47 Å². The van der Waals surface area contributed by atoms with Crippen molar-refractivity contribution in [1.29, 1.82) is 0 Å². The Bertz CT molecular complexity index is 3740. The number of rotatable bonds is 7. The second-order valence-electron chi connectivity index (χ2n) is 16.9. The Morgan fingerprint density at radius 2 is 1.08 bits per heavy atom. The lowest BCUT2D eigenvalue weighted by Gasteiger charge is -2.34. The Morgan fingerprint density at radius 3 is 1.83 bits per heavy atom. The Hall–Kier alpha value is -7.69. The Balaban J connectivity index is 1.10. The van der Waals surface area contributed by atoms with Gasteiger partial charge in [-0.25, -0.2) is 0 Å². The lowest BCUT2D eigenvalue weighted by molar-refractivity contribution is 0.768. The summed E-state index contributed by atoms with van der Waals surface area (Å²) in [5.41, 5.74) is 15.8. The zero-order chi connectivity index (χ0) is 43.1. The second kappa shape index (κ2) is 15.0. The lowest BCUT2D eigenvalue weighted by Crippen LogP contribution is -2.28. The summed E-state index contributed by atoms with van der Waals surface area (Å²) in [6.45, 7) is 0. The molecule has 0 N–H and O–H groups in total. The highest BCUT2D eigenvalue weighted by atomic mass is 35.5. The Kier molecular flexibility index (Phi) is 8.71. The minimum atomic E-state index is -0.534. The number of para-hydroxylation sites is 3. The van der Waals surface area contributed by atoms with Gasteiger partial charge in [-0.15, -0.1) is 11.3 Å². The van der Waals surface area contributed by atoms with Crippen LogP contribution in [-0.4, -0.2) is 4.57 Å². The van der Waals surface area contributed by atoms with E-state index in [4.69, 9.17) is 11.6 Å². The first-order valence-electron chi connectivity index (χ1n) is 22.1. The fraction of sp³-hybridized carbons (Fsp3) is 0.0164. The SMILES string of the molecule is Clc1cc(-c2cc3c4ccccc4n(-c4ccccc4)c3c3c2sc2ccccc23)cc(N(c2ccccc2)c2cccc3c2-c2ccccc2C3(c2ccccc2)c2ccccc2)c1. The molecule has 2 nitrogen and oxygen atoms in total. The van der Waals surface area contributed by atoms with E-state index in [0.717, 1.165) is 33.9 Å². The van der Waals surface area contributed by atoms with Crippen LogP contribution in [0, 0.1) is 0 Å². The van der Waals surface area contributed by atoms with Crippen molar-refractivity contribution in [3.63, 3.8) is 0 Å². The molecule has 2 aromatic heterocycles. The van der Waals surface area contributed by atoms with Gasteiger partial charge in [0.25, 0.3) is 0 Å². The van der Waals surface area contributed by atoms with Crippen molar-refractivity contribution >= 4 is 82.0 Å². The van der Waals surface area contributed by atoms with Gasteiger partial charge in [-0.3, -0.25) is 0 Å². The van der Waals surface area contributed by atoms with E-state index in [0.29, 0.717) is 5.02 Å². The van der Waals surface area contributed by atoms with E-state index in [1.807, 2.05) is 11.3 Å². The van der Waals surface area contributed by atoms with Gasteiger partial charge >= 0.3 is 0 Å². The van der Waals surface area contributed by atoms with Gasteiger partial charge in [-0.05, 0) is 100 Å². The quantitative estimate of drug-likeness (QED) is 0.155. The molecule has 0 unspecified atom stereocenters. The van der Waals surface area contributed by atoms with Crippen molar-refractivity contribution in [3.05, 3.63) is 264 Å². The number of benzene rings is 10. The van der Waals surface area contributed by atoms with Gasteiger partial charge in [0.2, 0.25) is 0 Å². The Labute approximate surface area is 386 Å². The smallest absolute Gasteiger partial charge is 0.0714 e. The van der Waals surface area contributed by atoms with Crippen LogP contribution in [0.1, 0.15) is 22.3 Å². The maximum absolute atomic E-state index is 7.42. The summed E-state index contributed by atoms with van der Waals surface area (Å²) in [5.74, 6) is 0. The molecule has 4 heteroatoms. The third-order valence-corrected chi connectivity index (χ3v) is 14.9. The van der Waals surface area contributed by atoms with Crippen LogP contribution in [0.3, 0.4) is 0 Å². The van der Waals surface area contributed by atoms with Gasteiger partial charge in [0.1, 0.15) is 0 Å². The zero-order valence-corrected chi connectivity index (χ0v) is 36.8. The van der Waals surface area contributed by atoms with E-state index in [1.54, 1.807) is 0 Å². The number of halogens is 1. The maximum Gasteiger partial charge on any atom is 0.0714 e.